The van der Waals surface area contributed by atoms with Crippen molar-refractivity contribution >= 4 is 5.69 Å². The third-order valence-corrected chi connectivity index (χ3v) is 4.13. The van der Waals surface area contributed by atoms with Crippen molar-refractivity contribution in [2.45, 2.75) is 32.2 Å². The lowest BCUT2D eigenvalue weighted by molar-refractivity contribution is 0.160. The first kappa shape index (κ1) is 14.4. The molecule has 106 valence electrons. The van der Waals surface area contributed by atoms with Gasteiger partial charge in [0.25, 0.3) is 0 Å². The number of nitrogens with zero attached hydrogens (tertiary/aromatic N) is 1. The summed E-state index contributed by atoms with van der Waals surface area (Å²) >= 11 is 0. The Morgan fingerprint density at radius 1 is 1.37 bits per heavy atom. The first-order chi connectivity index (χ1) is 9.19. The van der Waals surface area contributed by atoms with E-state index in [4.69, 9.17) is 10.5 Å². The molecule has 0 aliphatic carbocycles. The number of ether oxygens (including phenoxy) is 1. The van der Waals surface area contributed by atoms with Crippen LogP contribution in [-0.4, -0.2) is 32.8 Å². The molecule has 19 heavy (non-hydrogen) atoms. The van der Waals surface area contributed by atoms with E-state index >= 15 is 0 Å². The molecule has 2 N–H and O–H groups in total. The maximum absolute atomic E-state index is 5.76. The van der Waals surface area contributed by atoms with E-state index in [1.165, 1.54) is 11.3 Å². The first-order valence-electron chi connectivity index (χ1n) is 7.23. The first-order valence-corrected chi connectivity index (χ1v) is 7.23. The largest absolute Gasteiger partial charge is 0.383 e. The van der Waals surface area contributed by atoms with E-state index in [0.29, 0.717) is 17.9 Å². The van der Waals surface area contributed by atoms with Crippen molar-refractivity contribution in [1.29, 1.82) is 0 Å². The summed E-state index contributed by atoms with van der Waals surface area (Å²) < 4.78 is 5.42. The van der Waals surface area contributed by atoms with Crippen LogP contribution in [0.5, 0.6) is 0 Å². The summed E-state index contributed by atoms with van der Waals surface area (Å²) in [4.78, 5) is 2.52. The maximum atomic E-state index is 5.76. The number of nitrogens with two attached hydrogens (primary N) is 1. The van der Waals surface area contributed by atoms with Crippen LogP contribution in [-0.2, 0) is 4.74 Å². The average Bonchev–Trinajstić information content (AvgIpc) is 2.75. The zero-order valence-corrected chi connectivity index (χ0v) is 12.3. The van der Waals surface area contributed by atoms with Crippen molar-refractivity contribution in [1.82, 2.24) is 0 Å². The minimum absolute atomic E-state index is 0.439. The predicted octanol–water partition coefficient (Wildman–Crippen LogP) is 2.61. The number of para-hydroxylation sites is 1. The Morgan fingerprint density at radius 2 is 2.11 bits per heavy atom. The van der Waals surface area contributed by atoms with Gasteiger partial charge in [0.1, 0.15) is 0 Å². The normalized spacial score (nSPS) is 19.8. The number of benzene rings is 1. The summed E-state index contributed by atoms with van der Waals surface area (Å²) in [6.45, 7) is 7.14. The lowest BCUT2D eigenvalue weighted by atomic mass is 9.98. The third-order valence-electron chi connectivity index (χ3n) is 4.13. The van der Waals surface area contributed by atoms with Gasteiger partial charge in [-0.15, -0.1) is 0 Å². The fourth-order valence-electron chi connectivity index (χ4n) is 3.10. The number of hydrogen-bond donors (Lipinski definition) is 1. The number of anilines is 1. The molecule has 0 aromatic heterocycles. The lowest BCUT2D eigenvalue weighted by Crippen LogP contribution is -2.41. The minimum Gasteiger partial charge on any atom is -0.383 e. The van der Waals surface area contributed by atoms with Gasteiger partial charge < -0.3 is 15.4 Å². The highest BCUT2D eigenvalue weighted by Gasteiger charge is 2.33. The van der Waals surface area contributed by atoms with Crippen LogP contribution in [0, 0.1) is 5.92 Å². The Balaban J connectivity index is 2.27. The van der Waals surface area contributed by atoms with Gasteiger partial charge in [0.2, 0.25) is 0 Å². The van der Waals surface area contributed by atoms with E-state index in [2.05, 4.69) is 43.0 Å². The Labute approximate surface area is 116 Å². The van der Waals surface area contributed by atoms with E-state index in [-0.39, 0.29) is 0 Å². The second kappa shape index (κ2) is 6.40. The molecule has 1 aromatic rings. The molecule has 0 amide bonds. The molecule has 1 aromatic carbocycles. The molecule has 0 bridgehead atoms. The highest BCUT2D eigenvalue weighted by atomic mass is 16.5. The Kier molecular flexibility index (Phi) is 4.83. The van der Waals surface area contributed by atoms with Crippen molar-refractivity contribution < 1.29 is 4.74 Å². The zero-order valence-electron chi connectivity index (χ0n) is 12.3. The zero-order chi connectivity index (χ0) is 13.8. The molecule has 3 heteroatoms. The van der Waals surface area contributed by atoms with Gasteiger partial charge in [0.15, 0.2) is 0 Å². The molecule has 1 heterocycles. The maximum Gasteiger partial charge on any atom is 0.0668 e. The Hall–Kier alpha value is -1.06. The van der Waals surface area contributed by atoms with Crippen LogP contribution in [0.25, 0.3) is 0 Å². The summed E-state index contributed by atoms with van der Waals surface area (Å²) in [5.74, 6) is 1.14. The predicted molar refractivity (Wildman–Crippen MR) is 80.7 cm³/mol. The molecule has 0 saturated heterocycles. The molecule has 2 rings (SSSR count). The van der Waals surface area contributed by atoms with E-state index in [9.17, 15) is 0 Å². The van der Waals surface area contributed by atoms with Gasteiger partial charge in [-0.05, 0) is 30.5 Å². The monoisotopic (exact) mass is 262 g/mol. The van der Waals surface area contributed by atoms with Gasteiger partial charge in [0, 0.05) is 25.3 Å². The van der Waals surface area contributed by atoms with Crippen LogP contribution in [0.3, 0.4) is 0 Å². The van der Waals surface area contributed by atoms with Crippen molar-refractivity contribution in [3.05, 3.63) is 29.8 Å². The molecule has 2 atom stereocenters. The van der Waals surface area contributed by atoms with E-state index < -0.39 is 0 Å². The standard InChI is InChI=1S/C16H26N2O/c1-12(2)16(11-19-3)18-10-13(8-9-17)14-6-4-5-7-15(14)18/h4-7,12-13,16H,8-11,17H2,1-3H3. The summed E-state index contributed by atoms with van der Waals surface area (Å²) in [5, 5.41) is 0. The van der Waals surface area contributed by atoms with Gasteiger partial charge in [-0.2, -0.15) is 0 Å². The van der Waals surface area contributed by atoms with E-state index in [1.54, 1.807) is 7.11 Å². The highest BCUT2D eigenvalue weighted by molar-refractivity contribution is 5.61. The van der Waals surface area contributed by atoms with Gasteiger partial charge in [-0.1, -0.05) is 32.0 Å². The third kappa shape index (κ3) is 2.93. The molecular formula is C16H26N2O. The summed E-state index contributed by atoms with van der Waals surface area (Å²) in [6, 6.07) is 9.18. The minimum atomic E-state index is 0.439. The van der Waals surface area contributed by atoms with Crippen LogP contribution in [0.4, 0.5) is 5.69 Å². The van der Waals surface area contributed by atoms with Crippen LogP contribution in [0.15, 0.2) is 24.3 Å². The molecular weight excluding hydrogens is 236 g/mol. The Morgan fingerprint density at radius 3 is 2.74 bits per heavy atom. The topological polar surface area (TPSA) is 38.5 Å². The molecule has 0 spiro atoms. The Bertz CT molecular complexity index is 405. The molecule has 0 fully saturated rings. The van der Waals surface area contributed by atoms with Gasteiger partial charge in [-0.25, -0.2) is 0 Å². The second-order valence-corrected chi connectivity index (χ2v) is 5.75. The number of methoxy groups -OCH3 is 1. The van der Waals surface area contributed by atoms with Crippen molar-refractivity contribution in [2.24, 2.45) is 11.7 Å². The summed E-state index contributed by atoms with van der Waals surface area (Å²) in [5.41, 5.74) is 8.59. The van der Waals surface area contributed by atoms with Crippen molar-refractivity contribution in [3.8, 4) is 0 Å². The number of fused-ring (bicyclic) bond motifs is 1. The molecule has 0 radical (unpaired) electrons. The van der Waals surface area contributed by atoms with Crippen LogP contribution in [0.1, 0.15) is 31.7 Å². The lowest BCUT2D eigenvalue weighted by Gasteiger charge is -2.33. The fourth-order valence-corrected chi connectivity index (χ4v) is 3.10. The SMILES string of the molecule is COCC(C(C)C)N1CC(CCN)c2ccccc21. The summed E-state index contributed by atoms with van der Waals surface area (Å²) in [7, 11) is 1.79. The highest BCUT2D eigenvalue weighted by Crippen LogP contribution is 2.39. The smallest absolute Gasteiger partial charge is 0.0668 e. The summed E-state index contributed by atoms with van der Waals surface area (Å²) in [6.07, 6.45) is 1.06. The second-order valence-electron chi connectivity index (χ2n) is 5.75. The molecule has 0 saturated carbocycles. The van der Waals surface area contributed by atoms with Crippen molar-refractivity contribution in [3.63, 3.8) is 0 Å². The number of rotatable bonds is 6. The van der Waals surface area contributed by atoms with Gasteiger partial charge >= 0.3 is 0 Å². The molecule has 1 aliphatic heterocycles. The number of hydrogen-bond acceptors (Lipinski definition) is 3. The average molecular weight is 262 g/mol. The van der Waals surface area contributed by atoms with Gasteiger partial charge in [0.05, 0.1) is 12.6 Å². The van der Waals surface area contributed by atoms with Gasteiger partial charge in [-0.3, -0.25) is 0 Å². The fraction of sp³-hybridized carbons (Fsp3) is 0.625. The van der Waals surface area contributed by atoms with Crippen LogP contribution >= 0.6 is 0 Å². The van der Waals surface area contributed by atoms with E-state index in [1.807, 2.05) is 0 Å². The molecule has 2 unspecified atom stereocenters. The van der Waals surface area contributed by atoms with Crippen LogP contribution in [0.2, 0.25) is 0 Å². The van der Waals surface area contributed by atoms with Crippen molar-refractivity contribution in [2.75, 3.05) is 31.7 Å². The molecule has 3 nitrogen and oxygen atoms in total. The van der Waals surface area contributed by atoms with Crippen LogP contribution < -0.4 is 10.6 Å². The van der Waals surface area contributed by atoms with E-state index in [0.717, 1.165) is 26.1 Å². The quantitative estimate of drug-likeness (QED) is 0.856. The molecule has 1 aliphatic rings.